The Morgan fingerprint density at radius 1 is 1.50 bits per heavy atom. The van der Waals surface area contributed by atoms with E-state index in [1.54, 1.807) is 0 Å². The van der Waals surface area contributed by atoms with Crippen LogP contribution < -0.4 is 5.73 Å². The average Bonchev–Trinajstić information content (AvgIpc) is 2.02. The first-order valence-corrected chi connectivity index (χ1v) is 5.36. The van der Waals surface area contributed by atoms with Gasteiger partial charge in [0.1, 0.15) is 11.8 Å². The van der Waals surface area contributed by atoms with Gasteiger partial charge in [-0.15, -0.1) is 0 Å². The molecule has 0 saturated heterocycles. The van der Waals surface area contributed by atoms with Crippen LogP contribution in [0.15, 0.2) is 0 Å². The van der Waals surface area contributed by atoms with Crippen molar-refractivity contribution in [1.29, 1.82) is 0 Å². The first kappa shape index (κ1) is 12.8. The molecule has 8 heteroatoms. The van der Waals surface area contributed by atoms with Crippen molar-refractivity contribution >= 4 is 21.8 Å². The second-order valence-corrected chi connectivity index (χ2v) is 4.68. The quantitative estimate of drug-likeness (QED) is 0.518. The van der Waals surface area contributed by atoms with Gasteiger partial charge in [0.05, 0.1) is 12.9 Å². The summed E-state index contributed by atoms with van der Waals surface area (Å²) in [5.41, 5.74) is 4.99. The molecule has 0 aromatic carbocycles. The molecule has 0 fully saturated rings. The van der Waals surface area contributed by atoms with Gasteiger partial charge in [0.25, 0.3) is 0 Å². The van der Waals surface area contributed by atoms with Crippen LogP contribution in [0.2, 0.25) is 0 Å². The minimum Gasteiger partial charge on any atom is -0.480 e. The average molecular weight is 225 g/mol. The standard InChI is InChI=1S/C6H11NO6S/c1-13-5(8)3-14(11,12)2-4(7)6(9)10/h4H,2-3,7H2,1H3,(H,9,10)/t4-/m0/s1. The molecule has 82 valence electrons. The van der Waals surface area contributed by atoms with Gasteiger partial charge in [0, 0.05) is 0 Å². The Morgan fingerprint density at radius 2 is 2.00 bits per heavy atom. The Kier molecular flexibility index (Phi) is 4.51. The molecule has 14 heavy (non-hydrogen) atoms. The molecule has 0 heterocycles. The van der Waals surface area contributed by atoms with Gasteiger partial charge in [0.15, 0.2) is 9.84 Å². The van der Waals surface area contributed by atoms with E-state index in [9.17, 15) is 18.0 Å². The number of rotatable bonds is 5. The molecule has 3 N–H and O–H groups in total. The van der Waals surface area contributed by atoms with Gasteiger partial charge in [-0.2, -0.15) is 0 Å². The van der Waals surface area contributed by atoms with E-state index in [0.717, 1.165) is 7.11 Å². The summed E-state index contributed by atoms with van der Waals surface area (Å²) in [5, 5.41) is 8.33. The third kappa shape index (κ3) is 4.77. The lowest BCUT2D eigenvalue weighted by Gasteiger charge is -2.06. The smallest absolute Gasteiger partial charge is 0.321 e. The number of carboxylic acid groups (broad SMARTS) is 1. The lowest BCUT2D eigenvalue weighted by Crippen LogP contribution is -2.39. The molecule has 0 unspecified atom stereocenters. The highest BCUT2D eigenvalue weighted by molar-refractivity contribution is 7.92. The Morgan fingerprint density at radius 3 is 2.36 bits per heavy atom. The van der Waals surface area contributed by atoms with E-state index in [4.69, 9.17) is 10.8 Å². The lowest BCUT2D eigenvalue weighted by atomic mass is 10.4. The molecule has 0 amide bonds. The molecule has 0 aliphatic heterocycles. The third-order valence-corrected chi connectivity index (χ3v) is 2.86. The van der Waals surface area contributed by atoms with Crippen LogP contribution in [0.25, 0.3) is 0 Å². The van der Waals surface area contributed by atoms with Crippen molar-refractivity contribution < 1.29 is 27.9 Å². The van der Waals surface area contributed by atoms with E-state index < -0.39 is 39.3 Å². The van der Waals surface area contributed by atoms with Crippen LogP contribution in [-0.4, -0.2) is 50.1 Å². The fourth-order valence-corrected chi connectivity index (χ4v) is 1.93. The molecular weight excluding hydrogens is 214 g/mol. The van der Waals surface area contributed by atoms with Gasteiger partial charge >= 0.3 is 11.9 Å². The summed E-state index contributed by atoms with van der Waals surface area (Å²) in [6.45, 7) is 0. The first-order chi connectivity index (χ1) is 6.28. The number of sulfone groups is 1. The van der Waals surface area contributed by atoms with Crippen LogP contribution in [0, 0.1) is 0 Å². The number of methoxy groups -OCH3 is 1. The van der Waals surface area contributed by atoms with Crippen LogP contribution >= 0.6 is 0 Å². The summed E-state index contributed by atoms with van der Waals surface area (Å²) in [6.07, 6.45) is 0. The number of aliphatic carboxylic acids is 1. The van der Waals surface area contributed by atoms with E-state index in [1.807, 2.05) is 0 Å². The molecule has 0 radical (unpaired) electrons. The van der Waals surface area contributed by atoms with Gasteiger partial charge in [-0.3, -0.25) is 9.59 Å². The van der Waals surface area contributed by atoms with Crippen LogP contribution in [-0.2, 0) is 24.2 Å². The van der Waals surface area contributed by atoms with Gasteiger partial charge in [0.2, 0.25) is 0 Å². The molecule has 0 saturated carbocycles. The van der Waals surface area contributed by atoms with Gasteiger partial charge < -0.3 is 15.6 Å². The monoisotopic (exact) mass is 225 g/mol. The van der Waals surface area contributed by atoms with E-state index in [2.05, 4.69) is 4.74 Å². The maximum absolute atomic E-state index is 11.1. The van der Waals surface area contributed by atoms with E-state index in [0.29, 0.717) is 0 Å². The summed E-state index contributed by atoms with van der Waals surface area (Å²) < 4.78 is 26.3. The number of carboxylic acids is 1. The minimum absolute atomic E-state index is 0.780. The van der Waals surface area contributed by atoms with E-state index >= 15 is 0 Å². The maximum Gasteiger partial charge on any atom is 0.321 e. The summed E-state index contributed by atoms with van der Waals surface area (Å²) in [4.78, 5) is 20.8. The number of carbonyl (C=O) groups excluding carboxylic acids is 1. The number of carbonyl (C=O) groups is 2. The molecule has 0 aliphatic rings. The van der Waals surface area contributed by atoms with Crippen molar-refractivity contribution in [2.24, 2.45) is 5.73 Å². The highest BCUT2D eigenvalue weighted by Crippen LogP contribution is 1.95. The third-order valence-electron chi connectivity index (χ3n) is 1.32. The zero-order valence-electron chi connectivity index (χ0n) is 7.47. The molecule has 7 nitrogen and oxygen atoms in total. The van der Waals surface area contributed by atoms with Crippen LogP contribution in [0.1, 0.15) is 0 Å². The van der Waals surface area contributed by atoms with Crippen LogP contribution in [0.3, 0.4) is 0 Å². The largest absolute Gasteiger partial charge is 0.480 e. The topological polar surface area (TPSA) is 124 Å². The SMILES string of the molecule is COC(=O)CS(=O)(=O)C[C@H](N)C(=O)O. The first-order valence-electron chi connectivity index (χ1n) is 3.54. The predicted molar refractivity (Wildman–Crippen MR) is 46.3 cm³/mol. The van der Waals surface area contributed by atoms with Gasteiger partial charge in [-0.25, -0.2) is 8.42 Å². The van der Waals surface area contributed by atoms with Crippen LogP contribution in [0.4, 0.5) is 0 Å². The minimum atomic E-state index is -3.82. The predicted octanol–water partition coefficient (Wildman–Crippen LogP) is -2.01. The summed E-state index contributed by atoms with van der Waals surface area (Å²) in [7, 11) is -2.78. The van der Waals surface area contributed by atoms with Crippen LogP contribution in [0.5, 0.6) is 0 Å². The van der Waals surface area contributed by atoms with Crippen molar-refractivity contribution in [3.63, 3.8) is 0 Å². The molecule has 0 aromatic rings. The molecule has 0 bridgehead atoms. The lowest BCUT2D eigenvalue weighted by molar-refractivity contribution is -0.139. The Labute approximate surface area is 80.8 Å². The van der Waals surface area contributed by atoms with E-state index in [-0.39, 0.29) is 0 Å². The van der Waals surface area contributed by atoms with Crippen molar-refractivity contribution in [3.8, 4) is 0 Å². The molecule has 0 aliphatic carbocycles. The van der Waals surface area contributed by atoms with Gasteiger partial charge in [-0.1, -0.05) is 0 Å². The molecular formula is C6H11NO6S. The Hall–Kier alpha value is -1.15. The number of esters is 1. The fourth-order valence-electron chi connectivity index (χ4n) is 0.642. The highest BCUT2D eigenvalue weighted by atomic mass is 32.2. The zero-order valence-corrected chi connectivity index (χ0v) is 8.28. The highest BCUT2D eigenvalue weighted by Gasteiger charge is 2.24. The summed E-state index contributed by atoms with van der Waals surface area (Å²) in [5.74, 6) is -4.01. The molecule has 0 spiro atoms. The Balaban J connectivity index is 4.36. The Bertz CT molecular complexity index is 321. The fraction of sp³-hybridized carbons (Fsp3) is 0.667. The second-order valence-electron chi connectivity index (χ2n) is 2.58. The van der Waals surface area contributed by atoms with Crippen molar-refractivity contribution in [3.05, 3.63) is 0 Å². The number of hydrogen-bond acceptors (Lipinski definition) is 6. The number of nitrogens with two attached hydrogens (primary N) is 1. The summed E-state index contributed by atoms with van der Waals surface area (Å²) in [6, 6.07) is -1.52. The van der Waals surface area contributed by atoms with Gasteiger partial charge in [-0.05, 0) is 0 Å². The second kappa shape index (κ2) is 4.91. The van der Waals surface area contributed by atoms with E-state index in [1.165, 1.54) is 0 Å². The van der Waals surface area contributed by atoms with Crippen molar-refractivity contribution in [2.75, 3.05) is 18.6 Å². The normalized spacial score (nSPS) is 13.3. The molecule has 0 rings (SSSR count). The number of ether oxygens (including phenoxy) is 1. The maximum atomic E-state index is 11.1. The molecule has 0 aromatic heterocycles. The number of hydrogen-bond donors (Lipinski definition) is 2. The molecule has 1 atom stereocenters. The van der Waals surface area contributed by atoms with Crippen molar-refractivity contribution in [1.82, 2.24) is 0 Å². The summed E-state index contributed by atoms with van der Waals surface area (Å²) >= 11 is 0. The zero-order chi connectivity index (χ0) is 11.4. The van der Waals surface area contributed by atoms with Crippen molar-refractivity contribution in [2.45, 2.75) is 6.04 Å².